The Bertz CT molecular complexity index is 734. The van der Waals surface area contributed by atoms with Crippen LogP contribution in [-0.4, -0.2) is 34.1 Å². The fourth-order valence-corrected chi connectivity index (χ4v) is 4.31. The number of halogens is 2. The highest BCUT2D eigenvalue weighted by Gasteiger charge is 2.68. The number of nitriles is 1. The third kappa shape index (κ3) is 3.01. The predicted molar refractivity (Wildman–Crippen MR) is 96.8 cm³/mol. The Balaban J connectivity index is 2.33. The molecule has 2 amide bonds. The van der Waals surface area contributed by atoms with Crippen LogP contribution in [0.25, 0.3) is 0 Å². The molecule has 24 heavy (non-hydrogen) atoms. The molecule has 8 heteroatoms. The molecule has 1 fully saturated rings. The molecule has 0 saturated heterocycles. The lowest BCUT2D eigenvalue weighted by molar-refractivity contribution is -0.120. The Morgan fingerprint density at radius 1 is 1.38 bits per heavy atom. The lowest BCUT2D eigenvalue weighted by Crippen LogP contribution is -2.30. The van der Waals surface area contributed by atoms with Crippen molar-refractivity contribution in [3.8, 4) is 6.07 Å². The van der Waals surface area contributed by atoms with Gasteiger partial charge in [0.15, 0.2) is 0 Å². The molecule has 1 aliphatic carbocycles. The number of alkyl halides is 2. The van der Waals surface area contributed by atoms with E-state index < -0.39 is 9.75 Å². The lowest BCUT2D eigenvalue weighted by atomic mass is 10.1. The highest BCUT2D eigenvalue weighted by molar-refractivity contribution is 7.18. The minimum absolute atomic E-state index is 0.138. The van der Waals surface area contributed by atoms with E-state index in [1.54, 1.807) is 18.7 Å². The fraction of sp³-hybridized carbons (Fsp3) is 0.562. The third-order valence-electron chi connectivity index (χ3n) is 4.49. The molecule has 0 radical (unpaired) electrons. The van der Waals surface area contributed by atoms with Crippen LogP contribution in [0.15, 0.2) is 0 Å². The van der Waals surface area contributed by atoms with Crippen molar-refractivity contribution in [2.45, 2.75) is 38.4 Å². The maximum Gasteiger partial charge on any atom is 0.264 e. The summed E-state index contributed by atoms with van der Waals surface area (Å²) in [5, 5.41) is 12.5. The average Bonchev–Trinajstić information content (AvgIpc) is 2.89. The van der Waals surface area contributed by atoms with Crippen LogP contribution >= 0.6 is 34.5 Å². The van der Waals surface area contributed by atoms with Crippen molar-refractivity contribution in [3.05, 3.63) is 16.0 Å². The monoisotopic (exact) mass is 387 g/mol. The third-order valence-corrected chi connectivity index (χ3v) is 6.79. The molecule has 2 rings (SSSR count). The Morgan fingerprint density at radius 2 is 1.92 bits per heavy atom. The summed E-state index contributed by atoms with van der Waals surface area (Å²) in [6.07, 6.45) is 0.354. The molecule has 1 saturated carbocycles. The molecule has 1 atom stereocenters. The Kier molecular flexibility index (Phi) is 5.19. The maximum atomic E-state index is 12.6. The van der Waals surface area contributed by atoms with E-state index >= 15 is 0 Å². The van der Waals surface area contributed by atoms with Gasteiger partial charge in [0, 0.05) is 13.1 Å². The normalized spacial score (nSPS) is 21.0. The van der Waals surface area contributed by atoms with Gasteiger partial charge >= 0.3 is 0 Å². The Labute approximate surface area is 155 Å². The van der Waals surface area contributed by atoms with Gasteiger partial charge < -0.3 is 10.2 Å². The highest BCUT2D eigenvalue weighted by atomic mass is 35.5. The molecular weight excluding hydrogens is 369 g/mol. The standard InChI is InChI=1S/C16H19Cl2N3O2S/c1-5-21(6-2)13(22)11-9(3)10(7-19)12(24-11)20-14(23)15(4)8-16(15,17)18/h5-6,8H2,1-4H3,(H,20,23)/t15-/m0/s1. The molecule has 0 unspecified atom stereocenters. The minimum atomic E-state index is -1.09. The van der Waals surface area contributed by atoms with Crippen molar-refractivity contribution in [3.63, 3.8) is 0 Å². The number of thiophene rings is 1. The van der Waals surface area contributed by atoms with Crippen molar-refractivity contribution in [2.75, 3.05) is 18.4 Å². The molecule has 0 aromatic carbocycles. The molecule has 1 aromatic rings. The summed E-state index contributed by atoms with van der Waals surface area (Å²) in [6, 6.07) is 2.07. The first-order valence-electron chi connectivity index (χ1n) is 7.65. The van der Waals surface area contributed by atoms with Crippen molar-refractivity contribution >= 4 is 51.4 Å². The Hall–Kier alpha value is -1.29. The largest absolute Gasteiger partial charge is 0.338 e. The van der Waals surface area contributed by atoms with E-state index in [4.69, 9.17) is 23.2 Å². The zero-order valence-corrected chi connectivity index (χ0v) is 16.3. The predicted octanol–water partition coefficient (Wildman–Crippen LogP) is 3.93. The van der Waals surface area contributed by atoms with Gasteiger partial charge in [-0.15, -0.1) is 34.5 Å². The van der Waals surface area contributed by atoms with Crippen LogP contribution in [0.3, 0.4) is 0 Å². The molecule has 1 aromatic heterocycles. The number of anilines is 1. The van der Waals surface area contributed by atoms with Gasteiger partial charge in [0.25, 0.3) is 5.91 Å². The zero-order chi connectivity index (χ0) is 18.3. The van der Waals surface area contributed by atoms with Crippen LogP contribution in [0.1, 0.15) is 48.0 Å². The van der Waals surface area contributed by atoms with Gasteiger partial charge in [-0.25, -0.2) is 0 Å². The first-order chi connectivity index (χ1) is 11.1. The van der Waals surface area contributed by atoms with E-state index in [1.165, 1.54) is 0 Å². The van der Waals surface area contributed by atoms with Gasteiger partial charge in [-0.2, -0.15) is 5.26 Å². The van der Waals surface area contributed by atoms with Crippen LogP contribution < -0.4 is 5.32 Å². The zero-order valence-electron chi connectivity index (χ0n) is 14.0. The number of hydrogen-bond donors (Lipinski definition) is 1. The van der Waals surface area contributed by atoms with E-state index in [2.05, 4.69) is 11.4 Å². The second-order valence-electron chi connectivity index (χ2n) is 6.02. The lowest BCUT2D eigenvalue weighted by Gasteiger charge is -2.17. The number of hydrogen-bond acceptors (Lipinski definition) is 4. The first-order valence-corrected chi connectivity index (χ1v) is 9.22. The Morgan fingerprint density at radius 3 is 2.33 bits per heavy atom. The first kappa shape index (κ1) is 19.0. The summed E-state index contributed by atoms with van der Waals surface area (Å²) in [5.74, 6) is -0.478. The fourth-order valence-electron chi connectivity index (χ4n) is 2.48. The smallest absolute Gasteiger partial charge is 0.264 e. The molecule has 0 aliphatic heterocycles. The summed E-state index contributed by atoms with van der Waals surface area (Å²) in [6.45, 7) is 8.34. The van der Waals surface area contributed by atoms with Crippen LogP contribution in [0.4, 0.5) is 5.00 Å². The maximum absolute atomic E-state index is 12.6. The highest BCUT2D eigenvalue weighted by Crippen LogP contribution is 2.64. The molecule has 130 valence electrons. The van der Waals surface area contributed by atoms with Gasteiger partial charge in [-0.3, -0.25) is 9.59 Å². The van der Waals surface area contributed by atoms with Gasteiger partial charge in [0.2, 0.25) is 5.91 Å². The number of amides is 2. The second kappa shape index (κ2) is 6.55. The molecule has 1 heterocycles. The van der Waals surface area contributed by atoms with Crippen LogP contribution in [0, 0.1) is 23.7 Å². The van der Waals surface area contributed by atoms with Crippen LogP contribution in [0.2, 0.25) is 0 Å². The van der Waals surface area contributed by atoms with Crippen molar-refractivity contribution in [2.24, 2.45) is 5.41 Å². The summed E-state index contributed by atoms with van der Waals surface area (Å²) in [4.78, 5) is 27.2. The van der Waals surface area contributed by atoms with E-state index in [0.29, 0.717) is 40.5 Å². The number of nitrogens with one attached hydrogen (secondary N) is 1. The SMILES string of the molecule is CCN(CC)C(=O)c1sc(NC(=O)[C@]2(C)CC2(Cl)Cl)c(C#N)c1C. The van der Waals surface area contributed by atoms with E-state index in [9.17, 15) is 14.9 Å². The molecule has 5 nitrogen and oxygen atoms in total. The summed E-state index contributed by atoms with van der Waals surface area (Å²) in [5.41, 5.74) is 0.00515. The number of carbonyl (C=O) groups is 2. The van der Waals surface area contributed by atoms with E-state index in [1.807, 2.05) is 13.8 Å². The van der Waals surface area contributed by atoms with E-state index in [-0.39, 0.29) is 11.8 Å². The second-order valence-corrected chi connectivity index (χ2v) is 8.52. The molecule has 0 spiro atoms. The average molecular weight is 388 g/mol. The minimum Gasteiger partial charge on any atom is -0.338 e. The van der Waals surface area contributed by atoms with Gasteiger partial charge in [0.1, 0.15) is 15.4 Å². The van der Waals surface area contributed by atoms with Gasteiger partial charge in [0.05, 0.1) is 15.9 Å². The molecule has 1 N–H and O–H groups in total. The molecule has 1 aliphatic rings. The quantitative estimate of drug-likeness (QED) is 0.777. The van der Waals surface area contributed by atoms with Crippen molar-refractivity contribution < 1.29 is 9.59 Å². The number of nitrogens with zero attached hydrogens (tertiary/aromatic N) is 2. The summed E-state index contributed by atoms with van der Waals surface area (Å²) < 4.78 is -1.09. The van der Waals surface area contributed by atoms with Crippen molar-refractivity contribution in [1.29, 1.82) is 5.26 Å². The van der Waals surface area contributed by atoms with Crippen LogP contribution in [0.5, 0.6) is 0 Å². The van der Waals surface area contributed by atoms with E-state index in [0.717, 1.165) is 11.3 Å². The number of rotatable bonds is 5. The van der Waals surface area contributed by atoms with Crippen molar-refractivity contribution in [1.82, 2.24) is 4.90 Å². The molecule has 0 bridgehead atoms. The summed E-state index contributed by atoms with van der Waals surface area (Å²) in [7, 11) is 0. The van der Waals surface area contributed by atoms with Gasteiger partial charge in [-0.1, -0.05) is 0 Å². The van der Waals surface area contributed by atoms with Crippen LogP contribution in [-0.2, 0) is 4.79 Å². The summed E-state index contributed by atoms with van der Waals surface area (Å²) >= 11 is 13.2. The van der Waals surface area contributed by atoms with Gasteiger partial charge in [-0.05, 0) is 39.7 Å². The topological polar surface area (TPSA) is 73.2 Å². The number of carbonyl (C=O) groups excluding carboxylic acids is 2. The molecular formula is C16H19Cl2N3O2S.